The minimum absolute atomic E-state index is 0.103. The number of nitrogens with zero attached hydrogens (tertiary/aromatic N) is 2. The summed E-state index contributed by atoms with van der Waals surface area (Å²) >= 11 is 0. The van der Waals surface area contributed by atoms with Gasteiger partial charge in [0, 0.05) is 18.9 Å². The first-order valence-electron chi connectivity index (χ1n) is 5.30. The first kappa shape index (κ1) is 12.6. The summed E-state index contributed by atoms with van der Waals surface area (Å²) in [4.78, 5) is 0.103. The molecule has 0 amide bonds. The Balaban J connectivity index is 2.03. The van der Waals surface area contributed by atoms with Crippen molar-refractivity contribution >= 4 is 15.7 Å². The average molecular weight is 266 g/mol. The van der Waals surface area contributed by atoms with E-state index in [1.54, 1.807) is 16.8 Å². The van der Waals surface area contributed by atoms with E-state index in [2.05, 4.69) is 10.4 Å². The summed E-state index contributed by atoms with van der Waals surface area (Å²) in [5.41, 5.74) is 1.72. The van der Waals surface area contributed by atoms with Gasteiger partial charge in [-0.3, -0.25) is 4.68 Å². The van der Waals surface area contributed by atoms with Gasteiger partial charge in [0.15, 0.2) is 0 Å². The van der Waals surface area contributed by atoms with Crippen molar-refractivity contribution in [2.75, 3.05) is 5.32 Å². The summed E-state index contributed by atoms with van der Waals surface area (Å²) in [5.74, 6) is 0. The van der Waals surface area contributed by atoms with Crippen molar-refractivity contribution in [2.24, 2.45) is 12.2 Å². The highest BCUT2D eigenvalue weighted by Gasteiger charge is 2.06. The van der Waals surface area contributed by atoms with Crippen molar-refractivity contribution < 1.29 is 8.42 Å². The van der Waals surface area contributed by atoms with E-state index in [4.69, 9.17) is 5.14 Å². The third-order valence-corrected chi connectivity index (χ3v) is 3.35. The van der Waals surface area contributed by atoms with Crippen LogP contribution in [0.25, 0.3) is 0 Å². The van der Waals surface area contributed by atoms with Crippen molar-refractivity contribution in [3.8, 4) is 0 Å². The maximum Gasteiger partial charge on any atom is 0.238 e. The Hall–Kier alpha value is -1.86. The zero-order valence-corrected chi connectivity index (χ0v) is 10.7. The number of hydrogen-bond acceptors (Lipinski definition) is 4. The van der Waals surface area contributed by atoms with Crippen LogP contribution < -0.4 is 10.5 Å². The molecule has 0 saturated carbocycles. The SMILES string of the molecule is Cn1ccc(CNc2ccc(S(N)(=O)=O)cc2)n1. The predicted octanol–water partition coefficient (Wildman–Crippen LogP) is 0.680. The average Bonchev–Trinajstić information content (AvgIpc) is 2.72. The summed E-state index contributed by atoms with van der Waals surface area (Å²) in [6.45, 7) is 0.579. The first-order valence-corrected chi connectivity index (χ1v) is 6.85. The maximum absolute atomic E-state index is 11.1. The molecule has 0 unspecified atom stereocenters. The molecule has 0 aliphatic rings. The number of primary sulfonamides is 1. The highest BCUT2D eigenvalue weighted by Crippen LogP contribution is 2.13. The van der Waals surface area contributed by atoms with Gasteiger partial charge in [0.05, 0.1) is 17.1 Å². The Morgan fingerprint density at radius 3 is 2.44 bits per heavy atom. The fraction of sp³-hybridized carbons (Fsp3) is 0.182. The lowest BCUT2D eigenvalue weighted by molar-refractivity contribution is 0.598. The third-order valence-electron chi connectivity index (χ3n) is 2.43. The summed E-state index contributed by atoms with van der Waals surface area (Å²) in [6, 6.07) is 8.18. The molecule has 2 aromatic rings. The maximum atomic E-state index is 11.1. The third kappa shape index (κ3) is 3.08. The van der Waals surface area contributed by atoms with Crippen LogP contribution in [0.3, 0.4) is 0 Å². The van der Waals surface area contributed by atoms with Gasteiger partial charge in [-0.25, -0.2) is 13.6 Å². The van der Waals surface area contributed by atoms with Gasteiger partial charge in [-0.15, -0.1) is 0 Å². The molecule has 0 aliphatic carbocycles. The van der Waals surface area contributed by atoms with Crippen LogP contribution in [0.2, 0.25) is 0 Å². The molecule has 7 heteroatoms. The van der Waals surface area contributed by atoms with Gasteiger partial charge in [0.2, 0.25) is 10.0 Å². The van der Waals surface area contributed by atoms with Crippen LogP contribution in [-0.2, 0) is 23.6 Å². The van der Waals surface area contributed by atoms with Crippen LogP contribution in [0.5, 0.6) is 0 Å². The largest absolute Gasteiger partial charge is 0.379 e. The quantitative estimate of drug-likeness (QED) is 0.851. The van der Waals surface area contributed by atoms with Crippen LogP contribution in [-0.4, -0.2) is 18.2 Å². The summed E-state index contributed by atoms with van der Waals surface area (Å²) in [7, 11) is -1.78. The van der Waals surface area contributed by atoms with Gasteiger partial charge < -0.3 is 5.32 Å². The van der Waals surface area contributed by atoms with Gasteiger partial charge in [0.1, 0.15) is 0 Å². The minimum Gasteiger partial charge on any atom is -0.379 e. The van der Waals surface area contributed by atoms with E-state index in [9.17, 15) is 8.42 Å². The normalized spacial score (nSPS) is 11.4. The van der Waals surface area contributed by atoms with Crippen LogP contribution in [0, 0.1) is 0 Å². The Morgan fingerprint density at radius 2 is 1.94 bits per heavy atom. The molecule has 0 spiro atoms. The topological polar surface area (TPSA) is 90.0 Å². The molecule has 0 radical (unpaired) electrons. The molecule has 1 aromatic heterocycles. The molecule has 3 N–H and O–H groups in total. The van der Waals surface area contributed by atoms with Gasteiger partial charge in [-0.2, -0.15) is 5.10 Å². The van der Waals surface area contributed by atoms with Crippen molar-refractivity contribution in [2.45, 2.75) is 11.4 Å². The Morgan fingerprint density at radius 1 is 1.28 bits per heavy atom. The van der Waals surface area contributed by atoms with E-state index >= 15 is 0 Å². The number of rotatable bonds is 4. The van der Waals surface area contributed by atoms with Crippen molar-refractivity contribution in [3.63, 3.8) is 0 Å². The number of nitrogens with one attached hydrogen (secondary N) is 1. The standard InChI is InChI=1S/C11H14N4O2S/c1-15-7-6-10(14-15)8-13-9-2-4-11(5-3-9)18(12,16)17/h2-7,13H,8H2,1H3,(H2,12,16,17). The van der Waals surface area contributed by atoms with E-state index < -0.39 is 10.0 Å². The second-order valence-corrected chi connectivity index (χ2v) is 5.47. The van der Waals surface area contributed by atoms with E-state index in [1.807, 2.05) is 19.3 Å². The van der Waals surface area contributed by atoms with E-state index in [1.165, 1.54) is 12.1 Å². The van der Waals surface area contributed by atoms with Crippen molar-refractivity contribution in [1.82, 2.24) is 9.78 Å². The number of anilines is 1. The lowest BCUT2D eigenvalue weighted by atomic mass is 10.3. The Kier molecular flexibility index (Phi) is 3.35. The smallest absolute Gasteiger partial charge is 0.238 e. The lowest BCUT2D eigenvalue weighted by Crippen LogP contribution is -2.12. The van der Waals surface area contributed by atoms with Gasteiger partial charge in [-0.1, -0.05) is 0 Å². The molecular weight excluding hydrogens is 252 g/mol. The molecule has 0 saturated heterocycles. The fourth-order valence-electron chi connectivity index (χ4n) is 1.51. The number of hydrogen-bond donors (Lipinski definition) is 2. The Bertz CT molecular complexity index is 631. The van der Waals surface area contributed by atoms with Gasteiger partial charge in [-0.05, 0) is 30.3 Å². The van der Waals surface area contributed by atoms with Gasteiger partial charge >= 0.3 is 0 Å². The van der Waals surface area contributed by atoms with Crippen LogP contribution in [0.4, 0.5) is 5.69 Å². The monoisotopic (exact) mass is 266 g/mol. The molecule has 0 aliphatic heterocycles. The van der Waals surface area contributed by atoms with Crippen LogP contribution in [0.1, 0.15) is 5.69 Å². The van der Waals surface area contributed by atoms with E-state index in [-0.39, 0.29) is 4.90 Å². The van der Waals surface area contributed by atoms with Gasteiger partial charge in [0.25, 0.3) is 0 Å². The molecule has 2 rings (SSSR count). The lowest BCUT2D eigenvalue weighted by Gasteiger charge is -2.05. The number of aryl methyl sites for hydroxylation is 1. The first-order chi connectivity index (χ1) is 8.45. The van der Waals surface area contributed by atoms with Crippen molar-refractivity contribution in [3.05, 3.63) is 42.2 Å². The zero-order chi connectivity index (χ0) is 13.2. The molecule has 1 aromatic carbocycles. The molecule has 6 nitrogen and oxygen atoms in total. The minimum atomic E-state index is -3.63. The van der Waals surface area contributed by atoms with E-state index in [0.717, 1.165) is 11.4 Å². The number of benzene rings is 1. The predicted molar refractivity (Wildman–Crippen MR) is 68.3 cm³/mol. The molecule has 0 bridgehead atoms. The number of nitrogens with two attached hydrogens (primary N) is 1. The molecule has 0 atom stereocenters. The molecule has 0 fully saturated rings. The molecule has 96 valence electrons. The summed E-state index contributed by atoms with van der Waals surface area (Å²) < 4.78 is 23.9. The zero-order valence-electron chi connectivity index (χ0n) is 9.87. The van der Waals surface area contributed by atoms with E-state index in [0.29, 0.717) is 6.54 Å². The Labute approximate surface area is 105 Å². The second kappa shape index (κ2) is 4.79. The number of aromatic nitrogens is 2. The fourth-order valence-corrected chi connectivity index (χ4v) is 2.03. The van der Waals surface area contributed by atoms with Crippen LogP contribution in [0.15, 0.2) is 41.4 Å². The summed E-state index contributed by atoms with van der Waals surface area (Å²) in [5, 5.41) is 12.4. The van der Waals surface area contributed by atoms with Crippen molar-refractivity contribution in [1.29, 1.82) is 0 Å². The second-order valence-electron chi connectivity index (χ2n) is 3.90. The molecular formula is C11H14N4O2S. The highest BCUT2D eigenvalue weighted by molar-refractivity contribution is 7.89. The highest BCUT2D eigenvalue weighted by atomic mass is 32.2. The molecule has 18 heavy (non-hydrogen) atoms. The summed E-state index contributed by atoms with van der Waals surface area (Å²) in [6.07, 6.45) is 1.86. The van der Waals surface area contributed by atoms with Crippen LogP contribution >= 0.6 is 0 Å². The molecule has 1 heterocycles. The number of sulfonamides is 1.